The average molecular weight is 451 g/mol. The summed E-state index contributed by atoms with van der Waals surface area (Å²) in [6.45, 7) is 0.919. The number of methoxy groups -OCH3 is 1. The molecule has 0 radical (unpaired) electrons. The molecule has 0 aliphatic carbocycles. The Morgan fingerprint density at radius 3 is 2.32 bits per heavy atom. The molecule has 0 spiro atoms. The second-order valence-corrected chi connectivity index (χ2v) is 8.34. The molecule has 1 N–H and O–H groups in total. The summed E-state index contributed by atoms with van der Waals surface area (Å²) in [6.07, 6.45) is 1.80. The maximum atomic E-state index is 5.27. The molecule has 0 unspecified atom stereocenters. The van der Waals surface area contributed by atoms with Crippen molar-refractivity contribution < 1.29 is 4.74 Å². The van der Waals surface area contributed by atoms with Crippen molar-refractivity contribution >= 4 is 17.3 Å². The van der Waals surface area contributed by atoms with E-state index in [9.17, 15) is 0 Å². The number of ether oxygens (including phenoxy) is 1. The summed E-state index contributed by atoms with van der Waals surface area (Å²) in [7, 11) is 5.80. The van der Waals surface area contributed by atoms with Gasteiger partial charge in [-0.25, -0.2) is 4.52 Å². The zero-order valence-electron chi connectivity index (χ0n) is 19.4. The molecule has 0 saturated carbocycles. The molecule has 0 bridgehead atoms. The molecule has 170 valence electrons. The molecule has 0 amide bonds. The maximum absolute atomic E-state index is 5.27. The molecular formula is C27H26N6O. The quantitative estimate of drug-likeness (QED) is 0.364. The van der Waals surface area contributed by atoms with Gasteiger partial charge in [0.1, 0.15) is 5.75 Å². The van der Waals surface area contributed by atoms with Crippen molar-refractivity contribution in [3.8, 4) is 28.3 Å². The summed E-state index contributed by atoms with van der Waals surface area (Å²) >= 11 is 0. The van der Waals surface area contributed by atoms with Crippen molar-refractivity contribution in [2.75, 3.05) is 26.5 Å². The zero-order chi connectivity index (χ0) is 23.5. The van der Waals surface area contributed by atoms with E-state index in [2.05, 4.69) is 63.6 Å². The fourth-order valence-corrected chi connectivity index (χ4v) is 3.85. The van der Waals surface area contributed by atoms with Crippen LogP contribution in [0.3, 0.4) is 0 Å². The Bertz CT molecular complexity index is 1390. The van der Waals surface area contributed by atoms with Crippen molar-refractivity contribution in [3.63, 3.8) is 0 Å². The summed E-state index contributed by atoms with van der Waals surface area (Å²) in [5.74, 6) is 1.33. The number of aromatic nitrogens is 4. The Morgan fingerprint density at radius 2 is 1.65 bits per heavy atom. The van der Waals surface area contributed by atoms with Crippen LogP contribution >= 0.6 is 0 Å². The number of benzene rings is 2. The lowest BCUT2D eigenvalue weighted by Gasteiger charge is -2.10. The predicted molar refractivity (Wildman–Crippen MR) is 135 cm³/mol. The Labute approximate surface area is 198 Å². The molecule has 34 heavy (non-hydrogen) atoms. The van der Waals surface area contributed by atoms with Crippen LogP contribution in [-0.4, -0.2) is 45.7 Å². The Kier molecular flexibility index (Phi) is 5.93. The van der Waals surface area contributed by atoms with Gasteiger partial charge < -0.3 is 15.0 Å². The smallest absolute Gasteiger partial charge is 0.247 e. The summed E-state index contributed by atoms with van der Waals surface area (Å²) in [5.41, 5.74) is 6.86. The third kappa shape index (κ3) is 4.60. The number of anilines is 2. The van der Waals surface area contributed by atoms with E-state index < -0.39 is 0 Å². The van der Waals surface area contributed by atoms with Crippen molar-refractivity contribution in [1.82, 2.24) is 24.5 Å². The molecule has 3 aromatic heterocycles. The number of nitrogens with one attached hydrogen (secondary N) is 1. The predicted octanol–water partition coefficient (Wildman–Crippen LogP) is 5.27. The molecule has 0 atom stereocenters. The average Bonchev–Trinajstić information content (AvgIpc) is 3.27. The van der Waals surface area contributed by atoms with Gasteiger partial charge in [-0.15, -0.1) is 5.10 Å². The molecule has 0 aliphatic rings. The number of hydrogen-bond acceptors (Lipinski definition) is 6. The lowest BCUT2D eigenvalue weighted by Crippen LogP contribution is -2.10. The number of rotatable bonds is 7. The maximum Gasteiger partial charge on any atom is 0.247 e. The van der Waals surface area contributed by atoms with Gasteiger partial charge in [0.15, 0.2) is 5.65 Å². The molecule has 5 rings (SSSR count). The van der Waals surface area contributed by atoms with Crippen molar-refractivity contribution in [3.05, 3.63) is 90.6 Å². The molecule has 3 heterocycles. The summed E-state index contributed by atoms with van der Waals surface area (Å²) in [4.78, 5) is 11.4. The van der Waals surface area contributed by atoms with Gasteiger partial charge in [-0.3, -0.25) is 4.98 Å². The lowest BCUT2D eigenvalue weighted by atomic mass is 10.1. The normalized spacial score (nSPS) is 11.2. The minimum absolute atomic E-state index is 0.517. The van der Waals surface area contributed by atoms with Crippen LogP contribution in [0.1, 0.15) is 5.56 Å². The summed E-state index contributed by atoms with van der Waals surface area (Å²) in [6, 6.07) is 26.3. The van der Waals surface area contributed by atoms with Gasteiger partial charge in [0.05, 0.1) is 30.4 Å². The third-order valence-corrected chi connectivity index (χ3v) is 5.51. The minimum Gasteiger partial charge on any atom is -0.497 e. The Hall–Kier alpha value is -4.23. The van der Waals surface area contributed by atoms with Gasteiger partial charge in [0.2, 0.25) is 5.95 Å². The highest BCUT2D eigenvalue weighted by atomic mass is 16.5. The van der Waals surface area contributed by atoms with Gasteiger partial charge in [0.25, 0.3) is 0 Å². The molecule has 7 nitrogen and oxygen atoms in total. The second-order valence-electron chi connectivity index (χ2n) is 8.34. The summed E-state index contributed by atoms with van der Waals surface area (Å²) in [5, 5.41) is 7.94. The lowest BCUT2D eigenvalue weighted by molar-refractivity contribution is 0.402. The van der Waals surface area contributed by atoms with Crippen molar-refractivity contribution in [2.45, 2.75) is 6.54 Å². The minimum atomic E-state index is 0.517. The first kappa shape index (κ1) is 21.6. The van der Waals surface area contributed by atoms with E-state index in [0.29, 0.717) is 5.95 Å². The molecule has 0 aliphatic heterocycles. The molecule has 0 saturated heterocycles. The van der Waals surface area contributed by atoms with Crippen LogP contribution in [0.25, 0.3) is 28.2 Å². The first-order valence-electron chi connectivity index (χ1n) is 11.1. The van der Waals surface area contributed by atoms with Gasteiger partial charge >= 0.3 is 0 Å². The van der Waals surface area contributed by atoms with Crippen LogP contribution in [0.5, 0.6) is 5.75 Å². The highest BCUT2D eigenvalue weighted by Gasteiger charge is 2.10. The van der Waals surface area contributed by atoms with E-state index in [4.69, 9.17) is 4.74 Å². The van der Waals surface area contributed by atoms with E-state index >= 15 is 0 Å². The number of hydrogen-bond donors (Lipinski definition) is 1. The van der Waals surface area contributed by atoms with Crippen LogP contribution in [0, 0.1) is 0 Å². The van der Waals surface area contributed by atoms with Gasteiger partial charge in [0, 0.05) is 17.7 Å². The SMILES string of the molecule is COc1ccc(-c2cccc3nc(Nc4ccc(-c5ccc(CN(C)C)cc5)nc4)nn23)cc1. The van der Waals surface area contributed by atoms with Crippen LogP contribution < -0.4 is 10.1 Å². The third-order valence-electron chi connectivity index (χ3n) is 5.51. The largest absolute Gasteiger partial charge is 0.497 e. The van der Waals surface area contributed by atoms with Crippen LogP contribution in [0.4, 0.5) is 11.6 Å². The first-order valence-corrected chi connectivity index (χ1v) is 11.1. The molecular weight excluding hydrogens is 424 g/mol. The highest BCUT2D eigenvalue weighted by Crippen LogP contribution is 2.25. The molecule has 5 aromatic rings. The van der Waals surface area contributed by atoms with E-state index in [1.165, 1.54) is 5.56 Å². The monoisotopic (exact) mass is 450 g/mol. The molecule has 7 heteroatoms. The number of fused-ring (bicyclic) bond motifs is 1. The standard InChI is InChI=1S/C27H26N6O/c1-32(2)18-19-7-9-20(10-8-19)24-16-13-22(17-28-24)29-27-30-26-6-4-5-25(33(26)31-27)21-11-14-23(34-3)15-12-21/h4-17H,18H2,1-3H3,(H,29,31). The molecule has 2 aromatic carbocycles. The number of pyridine rings is 2. The van der Waals surface area contributed by atoms with E-state index in [0.717, 1.165) is 46.1 Å². The van der Waals surface area contributed by atoms with Gasteiger partial charge in [-0.1, -0.05) is 30.3 Å². The van der Waals surface area contributed by atoms with E-state index in [1.54, 1.807) is 13.3 Å². The zero-order valence-corrected chi connectivity index (χ0v) is 19.4. The summed E-state index contributed by atoms with van der Waals surface area (Å²) < 4.78 is 7.10. The van der Waals surface area contributed by atoms with Crippen molar-refractivity contribution in [1.29, 1.82) is 0 Å². The fraction of sp³-hybridized carbons (Fsp3) is 0.148. The topological polar surface area (TPSA) is 67.6 Å². The Morgan fingerprint density at radius 1 is 0.882 bits per heavy atom. The Balaban J connectivity index is 1.35. The van der Waals surface area contributed by atoms with Crippen LogP contribution in [0.2, 0.25) is 0 Å². The first-order chi connectivity index (χ1) is 16.6. The van der Waals surface area contributed by atoms with E-state index in [-0.39, 0.29) is 0 Å². The highest BCUT2D eigenvalue weighted by molar-refractivity contribution is 5.66. The van der Waals surface area contributed by atoms with Crippen LogP contribution in [0.15, 0.2) is 85.1 Å². The van der Waals surface area contributed by atoms with Crippen LogP contribution in [-0.2, 0) is 6.54 Å². The van der Waals surface area contributed by atoms with Gasteiger partial charge in [-0.05, 0) is 68.2 Å². The second kappa shape index (κ2) is 9.33. The van der Waals surface area contributed by atoms with E-state index in [1.807, 2.05) is 59.1 Å². The number of nitrogens with zero attached hydrogens (tertiary/aromatic N) is 5. The van der Waals surface area contributed by atoms with Gasteiger partial charge in [-0.2, -0.15) is 4.98 Å². The van der Waals surface area contributed by atoms with Crippen molar-refractivity contribution in [2.24, 2.45) is 0 Å². The fourth-order valence-electron chi connectivity index (χ4n) is 3.85. The molecule has 0 fully saturated rings.